The number of hydrogen-bond acceptors (Lipinski definition) is 5. The molecule has 0 aromatic carbocycles. The summed E-state index contributed by atoms with van der Waals surface area (Å²) in [6.07, 6.45) is 1.71. The topological polar surface area (TPSA) is 102 Å². The minimum absolute atomic E-state index is 0.0210. The lowest BCUT2D eigenvalue weighted by molar-refractivity contribution is -0.145. The fourth-order valence-electron chi connectivity index (χ4n) is 2.53. The third-order valence-electron chi connectivity index (χ3n) is 3.46. The molecule has 1 aliphatic carbocycles. The predicted octanol–water partition coefficient (Wildman–Crippen LogP) is 0.162. The van der Waals surface area contributed by atoms with Crippen molar-refractivity contribution in [3.05, 3.63) is 0 Å². The standard InChI is InChI=1S/C13H24N2O5S/c1-9(2)15-12(16)7-8-14-21(18,19)11-6-4-5-10(11)13(17)20-3/h9-11,14H,4-8H2,1-3H3,(H,15,16). The van der Waals surface area contributed by atoms with E-state index in [2.05, 4.69) is 14.8 Å². The number of ether oxygens (including phenoxy) is 1. The largest absolute Gasteiger partial charge is 0.469 e. The van der Waals surface area contributed by atoms with Gasteiger partial charge >= 0.3 is 5.97 Å². The van der Waals surface area contributed by atoms with E-state index in [1.165, 1.54) is 7.11 Å². The van der Waals surface area contributed by atoms with Gasteiger partial charge in [-0.3, -0.25) is 9.59 Å². The maximum absolute atomic E-state index is 12.2. The van der Waals surface area contributed by atoms with Gasteiger partial charge in [0.05, 0.1) is 18.3 Å². The summed E-state index contributed by atoms with van der Waals surface area (Å²) in [6.45, 7) is 3.70. The summed E-state index contributed by atoms with van der Waals surface area (Å²) in [5, 5.41) is 1.92. The van der Waals surface area contributed by atoms with Crippen molar-refractivity contribution in [3.63, 3.8) is 0 Å². The molecule has 0 bridgehead atoms. The maximum Gasteiger partial charge on any atom is 0.310 e. The van der Waals surface area contributed by atoms with Crippen LogP contribution in [0.15, 0.2) is 0 Å². The molecule has 1 rings (SSSR count). The maximum atomic E-state index is 12.2. The second-order valence-electron chi connectivity index (χ2n) is 5.51. The Morgan fingerprint density at radius 1 is 1.29 bits per heavy atom. The number of esters is 1. The Balaban J connectivity index is 2.53. The van der Waals surface area contributed by atoms with Crippen LogP contribution in [0.5, 0.6) is 0 Å². The van der Waals surface area contributed by atoms with Crippen LogP contribution in [-0.2, 0) is 24.3 Å². The van der Waals surface area contributed by atoms with Gasteiger partial charge in [-0.25, -0.2) is 13.1 Å². The van der Waals surface area contributed by atoms with Crippen molar-refractivity contribution in [2.24, 2.45) is 5.92 Å². The lowest BCUT2D eigenvalue weighted by Gasteiger charge is -2.18. The Morgan fingerprint density at radius 3 is 2.52 bits per heavy atom. The van der Waals surface area contributed by atoms with Crippen molar-refractivity contribution in [1.29, 1.82) is 0 Å². The number of carbonyl (C=O) groups excluding carboxylic acids is 2. The predicted molar refractivity (Wildman–Crippen MR) is 78.0 cm³/mol. The minimum atomic E-state index is -3.62. The van der Waals surface area contributed by atoms with E-state index in [1.807, 2.05) is 13.8 Å². The summed E-state index contributed by atoms with van der Waals surface area (Å²) >= 11 is 0. The number of hydrogen-bond donors (Lipinski definition) is 2. The summed E-state index contributed by atoms with van der Waals surface area (Å²) < 4.78 is 31.5. The molecule has 1 saturated carbocycles. The van der Waals surface area contributed by atoms with Gasteiger partial charge in [0.2, 0.25) is 15.9 Å². The molecular formula is C13H24N2O5S. The van der Waals surface area contributed by atoms with Crippen LogP contribution < -0.4 is 10.0 Å². The molecule has 1 aliphatic rings. The number of methoxy groups -OCH3 is 1. The molecule has 21 heavy (non-hydrogen) atoms. The monoisotopic (exact) mass is 320 g/mol. The quantitative estimate of drug-likeness (QED) is 0.651. The Hall–Kier alpha value is -1.15. The summed E-state index contributed by atoms with van der Waals surface area (Å²) in [5.41, 5.74) is 0. The van der Waals surface area contributed by atoms with Crippen LogP contribution >= 0.6 is 0 Å². The molecule has 2 unspecified atom stereocenters. The Morgan fingerprint density at radius 2 is 1.95 bits per heavy atom. The van der Waals surface area contributed by atoms with Crippen LogP contribution in [0.2, 0.25) is 0 Å². The second-order valence-corrected chi connectivity index (χ2v) is 7.49. The van der Waals surface area contributed by atoms with E-state index >= 15 is 0 Å². The van der Waals surface area contributed by atoms with Crippen molar-refractivity contribution in [3.8, 4) is 0 Å². The highest BCUT2D eigenvalue weighted by Gasteiger charge is 2.41. The van der Waals surface area contributed by atoms with E-state index in [4.69, 9.17) is 0 Å². The van der Waals surface area contributed by atoms with Crippen LogP contribution in [0.4, 0.5) is 0 Å². The third kappa shape index (κ3) is 5.28. The summed E-state index contributed by atoms with van der Waals surface area (Å²) in [6, 6.07) is 0.0210. The Kier molecular flexibility index (Phi) is 6.60. The number of carbonyl (C=O) groups is 2. The van der Waals surface area contributed by atoms with E-state index in [0.29, 0.717) is 19.3 Å². The van der Waals surface area contributed by atoms with Crippen LogP contribution in [0.25, 0.3) is 0 Å². The van der Waals surface area contributed by atoms with Gasteiger partial charge in [0.25, 0.3) is 0 Å². The zero-order valence-electron chi connectivity index (χ0n) is 12.7. The highest BCUT2D eigenvalue weighted by atomic mass is 32.2. The van der Waals surface area contributed by atoms with Gasteiger partial charge in [-0.05, 0) is 26.7 Å². The molecule has 2 atom stereocenters. The molecule has 8 heteroatoms. The molecule has 1 amide bonds. The molecule has 0 aromatic heterocycles. The molecule has 0 heterocycles. The van der Waals surface area contributed by atoms with Crippen LogP contribution in [0.3, 0.4) is 0 Å². The first kappa shape index (κ1) is 17.9. The lowest BCUT2D eigenvalue weighted by Crippen LogP contribution is -2.41. The van der Waals surface area contributed by atoms with Gasteiger partial charge in [-0.1, -0.05) is 6.42 Å². The van der Waals surface area contributed by atoms with E-state index in [-0.39, 0.29) is 24.9 Å². The fraction of sp³-hybridized carbons (Fsp3) is 0.846. The number of rotatable bonds is 7. The molecule has 1 fully saturated rings. The van der Waals surface area contributed by atoms with E-state index in [9.17, 15) is 18.0 Å². The first-order valence-electron chi connectivity index (χ1n) is 7.13. The minimum Gasteiger partial charge on any atom is -0.469 e. The van der Waals surface area contributed by atoms with Crippen molar-refractivity contribution in [2.45, 2.75) is 50.8 Å². The van der Waals surface area contributed by atoms with Crippen molar-refractivity contribution < 1.29 is 22.7 Å². The SMILES string of the molecule is COC(=O)C1CCCC1S(=O)(=O)NCCC(=O)NC(C)C. The zero-order chi connectivity index (χ0) is 16.0. The lowest BCUT2D eigenvalue weighted by atomic mass is 10.1. The molecule has 0 aromatic rings. The highest BCUT2D eigenvalue weighted by molar-refractivity contribution is 7.90. The molecule has 2 N–H and O–H groups in total. The van der Waals surface area contributed by atoms with Gasteiger partial charge in [0, 0.05) is 19.0 Å². The number of amides is 1. The van der Waals surface area contributed by atoms with Gasteiger partial charge < -0.3 is 10.1 Å². The van der Waals surface area contributed by atoms with Crippen molar-refractivity contribution in [2.75, 3.05) is 13.7 Å². The molecule has 0 aliphatic heterocycles. The first-order chi connectivity index (χ1) is 9.77. The van der Waals surface area contributed by atoms with Crippen LogP contribution in [-0.4, -0.2) is 45.2 Å². The van der Waals surface area contributed by atoms with Gasteiger partial charge in [0.15, 0.2) is 0 Å². The smallest absolute Gasteiger partial charge is 0.310 e. The summed E-state index contributed by atoms with van der Waals surface area (Å²) in [5.74, 6) is -1.30. The summed E-state index contributed by atoms with van der Waals surface area (Å²) in [4.78, 5) is 23.1. The normalized spacial score (nSPS) is 22.3. The molecule has 0 radical (unpaired) electrons. The first-order valence-corrected chi connectivity index (χ1v) is 8.68. The number of nitrogens with one attached hydrogen (secondary N) is 2. The number of sulfonamides is 1. The highest BCUT2D eigenvalue weighted by Crippen LogP contribution is 2.31. The second kappa shape index (κ2) is 7.74. The zero-order valence-corrected chi connectivity index (χ0v) is 13.5. The third-order valence-corrected chi connectivity index (χ3v) is 5.43. The van der Waals surface area contributed by atoms with Crippen LogP contribution in [0, 0.1) is 5.92 Å². The van der Waals surface area contributed by atoms with Crippen LogP contribution in [0.1, 0.15) is 39.5 Å². The van der Waals surface area contributed by atoms with E-state index < -0.39 is 27.2 Å². The van der Waals surface area contributed by atoms with Gasteiger partial charge in [-0.15, -0.1) is 0 Å². The van der Waals surface area contributed by atoms with Gasteiger partial charge in [-0.2, -0.15) is 0 Å². The molecule has 122 valence electrons. The van der Waals surface area contributed by atoms with E-state index in [1.54, 1.807) is 0 Å². The molecule has 0 saturated heterocycles. The Bertz CT molecular complexity index is 475. The van der Waals surface area contributed by atoms with Crippen molar-refractivity contribution in [1.82, 2.24) is 10.0 Å². The van der Waals surface area contributed by atoms with Gasteiger partial charge in [0.1, 0.15) is 0 Å². The Labute approximate surface area is 125 Å². The average Bonchev–Trinajstić information content (AvgIpc) is 2.86. The molecular weight excluding hydrogens is 296 g/mol. The summed E-state index contributed by atoms with van der Waals surface area (Å²) in [7, 11) is -2.36. The van der Waals surface area contributed by atoms with Crippen molar-refractivity contribution >= 4 is 21.9 Å². The molecule has 7 nitrogen and oxygen atoms in total. The molecule has 0 spiro atoms. The van der Waals surface area contributed by atoms with E-state index in [0.717, 1.165) is 0 Å². The average molecular weight is 320 g/mol. The fourth-order valence-corrected chi connectivity index (χ4v) is 4.28.